The molecule has 2 N–H and O–H groups in total. The first-order valence-corrected chi connectivity index (χ1v) is 3.75. The van der Waals surface area contributed by atoms with Crippen LogP contribution in [0.1, 0.15) is 12.8 Å². The number of aliphatic carboxylic acids is 1. The van der Waals surface area contributed by atoms with Gasteiger partial charge in [0, 0.05) is 12.0 Å². The molecule has 3 heteroatoms. The maximum Gasteiger partial charge on any atom is 0.323 e. The first-order valence-electron chi connectivity index (χ1n) is 3.75. The Hall–Kier alpha value is -0.830. The lowest BCUT2D eigenvalue weighted by Gasteiger charge is -2.41. The molecule has 2 aliphatic heterocycles. The van der Waals surface area contributed by atoms with Crippen molar-refractivity contribution in [1.29, 1.82) is 0 Å². The third kappa shape index (κ3) is 0.639. The fraction of sp³-hybridized carbons (Fsp3) is 0.625. The number of carbonyl (C=O) groups is 1. The molecule has 0 aromatic rings. The first-order chi connectivity index (χ1) is 5.13. The van der Waals surface area contributed by atoms with Crippen molar-refractivity contribution < 1.29 is 9.90 Å². The van der Waals surface area contributed by atoms with Crippen molar-refractivity contribution in [2.75, 3.05) is 6.54 Å². The molecular weight excluding hydrogens is 142 g/mol. The summed E-state index contributed by atoms with van der Waals surface area (Å²) in [6.45, 7) is 4.49. The molecule has 0 spiro atoms. The minimum absolute atomic E-state index is 0.0956. The van der Waals surface area contributed by atoms with E-state index in [2.05, 4.69) is 11.9 Å². The molecule has 0 amide bonds. The van der Waals surface area contributed by atoms with Crippen LogP contribution in [0.25, 0.3) is 0 Å². The van der Waals surface area contributed by atoms with Crippen molar-refractivity contribution in [2.24, 2.45) is 5.41 Å². The lowest BCUT2D eigenvalue weighted by atomic mass is 9.62. The number of rotatable bonds is 2. The summed E-state index contributed by atoms with van der Waals surface area (Å²) in [5, 5.41) is 11.9. The van der Waals surface area contributed by atoms with E-state index in [9.17, 15) is 4.79 Å². The van der Waals surface area contributed by atoms with Gasteiger partial charge in [-0.15, -0.1) is 6.58 Å². The molecule has 3 aliphatic rings. The quantitative estimate of drug-likeness (QED) is 0.564. The molecule has 2 heterocycles. The fourth-order valence-corrected chi connectivity index (χ4v) is 2.19. The number of hydrogen-bond donors (Lipinski definition) is 2. The molecule has 2 saturated heterocycles. The Morgan fingerprint density at radius 1 is 1.64 bits per heavy atom. The highest BCUT2D eigenvalue weighted by Crippen LogP contribution is 2.54. The largest absolute Gasteiger partial charge is 0.480 e. The van der Waals surface area contributed by atoms with Crippen molar-refractivity contribution in [2.45, 2.75) is 18.4 Å². The smallest absolute Gasteiger partial charge is 0.323 e. The topological polar surface area (TPSA) is 49.3 Å². The second-order valence-corrected chi connectivity index (χ2v) is 3.66. The van der Waals surface area contributed by atoms with Gasteiger partial charge in [0.2, 0.25) is 0 Å². The van der Waals surface area contributed by atoms with Crippen molar-refractivity contribution in [3.8, 4) is 0 Å². The van der Waals surface area contributed by atoms with E-state index < -0.39 is 11.5 Å². The standard InChI is InChI=1S/C8H11NO2/c1-2-7-3-8(4-7,6(10)11)9-5-7/h2,9H,1,3-5H2,(H,10,11). The minimum Gasteiger partial charge on any atom is -0.480 e. The van der Waals surface area contributed by atoms with Crippen LogP contribution in [0, 0.1) is 5.41 Å². The van der Waals surface area contributed by atoms with Crippen LogP contribution in [0.15, 0.2) is 12.7 Å². The summed E-state index contributed by atoms with van der Waals surface area (Å²) < 4.78 is 0. The van der Waals surface area contributed by atoms with E-state index in [0.717, 1.165) is 19.4 Å². The molecule has 0 aromatic carbocycles. The summed E-state index contributed by atoms with van der Waals surface area (Å²) in [6.07, 6.45) is 3.33. The van der Waals surface area contributed by atoms with Gasteiger partial charge in [-0.2, -0.15) is 0 Å². The Labute approximate surface area is 65.1 Å². The van der Waals surface area contributed by atoms with E-state index in [4.69, 9.17) is 5.11 Å². The minimum atomic E-state index is -0.715. The summed E-state index contributed by atoms with van der Waals surface area (Å²) in [4.78, 5) is 10.7. The number of carboxylic acids is 1. The average molecular weight is 153 g/mol. The summed E-state index contributed by atoms with van der Waals surface area (Å²) >= 11 is 0. The van der Waals surface area contributed by atoms with E-state index >= 15 is 0 Å². The average Bonchev–Trinajstić information content (AvgIpc) is 2.39. The number of fused-ring (bicyclic) bond motifs is 1. The maximum atomic E-state index is 10.7. The molecule has 3 rings (SSSR count). The molecule has 0 atom stereocenters. The van der Waals surface area contributed by atoms with Gasteiger partial charge in [-0.25, -0.2) is 0 Å². The van der Waals surface area contributed by atoms with Gasteiger partial charge >= 0.3 is 5.97 Å². The van der Waals surface area contributed by atoms with Crippen molar-refractivity contribution in [1.82, 2.24) is 5.32 Å². The van der Waals surface area contributed by atoms with E-state index in [1.54, 1.807) is 0 Å². The maximum absolute atomic E-state index is 10.7. The molecular formula is C8H11NO2. The zero-order valence-corrected chi connectivity index (χ0v) is 6.26. The van der Waals surface area contributed by atoms with Crippen LogP contribution in [0.2, 0.25) is 0 Å². The van der Waals surface area contributed by atoms with Gasteiger partial charge in [-0.05, 0) is 12.8 Å². The molecule has 0 aromatic heterocycles. The highest BCUT2D eigenvalue weighted by Gasteiger charge is 2.63. The Bertz CT molecular complexity index is 228. The monoisotopic (exact) mass is 153 g/mol. The molecule has 1 saturated carbocycles. The van der Waals surface area contributed by atoms with E-state index in [1.807, 2.05) is 6.08 Å². The molecule has 60 valence electrons. The van der Waals surface area contributed by atoms with E-state index in [1.165, 1.54) is 0 Å². The van der Waals surface area contributed by atoms with Crippen LogP contribution in [-0.4, -0.2) is 23.2 Å². The van der Waals surface area contributed by atoms with Crippen LogP contribution >= 0.6 is 0 Å². The first kappa shape index (κ1) is 6.85. The second kappa shape index (κ2) is 1.67. The van der Waals surface area contributed by atoms with Crippen LogP contribution in [0.3, 0.4) is 0 Å². The Balaban J connectivity index is 2.20. The lowest BCUT2D eigenvalue weighted by Crippen LogP contribution is -2.53. The van der Waals surface area contributed by atoms with Gasteiger partial charge in [-0.3, -0.25) is 4.79 Å². The van der Waals surface area contributed by atoms with Gasteiger partial charge in [-0.1, -0.05) is 6.08 Å². The molecule has 0 radical (unpaired) electrons. The van der Waals surface area contributed by atoms with Crippen LogP contribution in [0.4, 0.5) is 0 Å². The van der Waals surface area contributed by atoms with Crippen LogP contribution < -0.4 is 5.32 Å². The van der Waals surface area contributed by atoms with Crippen LogP contribution in [-0.2, 0) is 4.79 Å². The van der Waals surface area contributed by atoms with Gasteiger partial charge in [0.15, 0.2) is 0 Å². The molecule has 3 nitrogen and oxygen atoms in total. The van der Waals surface area contributed by atoms with Gasteiger partial charge in [0.25, 0.3) is 0 Å². The molecule has 11 heavy (non-hydrogen) atoms. The van der Waals surface area contributed by atoms with Crippen molar-refractivity contribution >= 4 is 5.97 Å². The summed E-state index contributed by atoms with van der Waals surface area (Å²) in [5.74, 6) is -0.715. The van der Waals surface area contributed by atoms with Crippen molar-refractivity contribution in [3.63, 3.8) is 0 Å². The summed E-state index contributed by atoms with van der Waals surface area (Å²) in [6, 6.07) is 0. The Kier molecular flexibility index (Phi) is 1.04. The third-order valence-electron chi connectivity index (χ3n) is 2.93. The van der Waals surface area contributed by atoms with Gasteiger partial charge in [0.1, 0.15) is 5.54 Å². The Morgan fingerprint density at radius 3 is 2.55 bits per heavy atom. The zero-order chi connectivity index (χ0) is 8.11. The number of nitrogens with one attached hydrogen (secondary N) is 1. The number of hydrogen-bond acceptors (Lipinski definition) is 2. The van der Waals surface area contributed by atoms with Gasteiger partial charge in [0.05, 0.1) is 0 Å². The second-order valence-electron chi connectivity index (χ2n) is 3.66. The van der Waals surface area contributed by atoms with E-state index in [0.29, 0.717) is 0 Å². The molecule has 0 unspecified atom stereocenters. The van der Waals surface area contributed by atoms with E-state index in [-0.39, 0.29) is 5.41 Å². The number of carboxylic acid groups (broad SMARTS) is 1. The predicted molar refractivity (Wildman–Crippen MR) is 40.2 cm³/mol. The molecule has 2 bridgehead atoms. The third-order valence-corrected chi connectivity index (χ3v) is 2.93. The normalized spacial score (nSPS) is 46.5. The molecule has 3 fully saturated rings. The lowest BCUT2D eigenvalue weighted by molar-refractivity contribution is -0.148. The van der Waals surface area contributed by atoms with Gasteiger partial charge < -0.3 is 10.4 Å². The highest BCUT2D eigenvalue weighted by molar-refractivity contribution is 5.82. The predicted octanol–water partition coefficient (Wildman–Crippen LogP) is 0.379. The van der Waals surface area contributed by atoms with Crippen LogP contribution in [0.5, 0.6) is 0 Å². The summed E-state index contributed by atoms with van der Waals surface area (Å²) in [7, 11) is 0. The molecule has 1 aliphatic carbocycles. The SMILES string of the molecule is C=CC12CNC(C(=O)O)(C1)C2. The zero-order valence-electron chi connectivity index (χ0n) is 6.26. The summed E-state index contributed by atoms with van der Waals surface area (Å²) in [5.41, 5.74) is -0.507. The highest BCUT2D eigenvalue weighted by atomic mass is 16.4. The Morgan fingerprint density at radius 2 is 2.27 bits per heavy atom. The fourth-order valence-electron chi connectivity index (χ4n) is 2.19. The van der Waals surface area contributed by atoms with Crippen molar-refractivity contribution in [3.05, 3.63) is 12.7 Å².